The maximum atomic E-state index is 12.0. The molecule has 1 atom stereocenters. The van der Waals surface area contributed by atoms with Gasteiger partial charge in [-0.15, -0.1) is 0 Å². The van der Waals surface area contributed by atoms with Crippen LogP contribution >= 0.6 is 0 Å². The number of hydrogen-bond donors (Lipinski definition) is 2. The van der Waals surface area contributed by atoms with Crippen LogP contribution in [0, 0.1) is 0 Å². The van der Waals surface area contributed by atoms with E-state index >= 15 is 0 Å². The third kappa shape index (κ3) is 3.60. The molecule has 0 aromatic heterocycles. The molecule has 0 saturated heterocycles. The molecule has 25 heavy (non-hydrogen) atoms. The number of esters is 1. The predicted octanol–water partition coefficient (Wildman–Crippen LogP) is 2.37. The molecule has 3 rings (SSSR count). The number of carbonyl (C=O) groups excluding carboxylic acids is 2. The molecule has 0 fully saturated rings. The molecule has 0 aliphatic carbocycles. The Hall–Kier alpha value is -3.35. The second-order valence-electron chi connectivity index (χ2n) is 5.45. The zero-order valence-electron chi connectivity index (χ0n) is 13.6. The highest BCUT2D eigenvalue weighted by atomic mass is 16.5. The van der Waals surface area contributed by atoms with Crippen LogP contribution < -0.4 is 15.9 Å². The summed E-state index contributed by atoms with van der Waals surface area (Å²) in [6, 6.07) is 13.6. The van der Waals surface area contributed by atoms with Gasteiger partial charge in [0.25, 0.3) is 0 Å². The molecule has 3 N–H and O–H groups in total. The Balaban J connectivity index is 1.89. The molecular formula is C18H17N3O4. The molecule has 7 heteroatoms. The van der Waals surface area contributed by atoms with Gasteiger partial charge in [-0.3, -0.25) is 0 Å². The van der Waals surface area contributed by atoms with Gasteiger partial charge in [0.15, 0.2) is 0 Å². The average Bonchev–Trinajstić information content (AvgIpc) is 2.95. The summed E-state index contributed by atoms with van der Waals surface area (Å²) in [5, 5.41) is 4.07. The standard InChI is InChI=1S/C18H17N3O4/c1-24-12-8-6-11(7-9-12)15(20-21-18(19)23)10-16-13-4-2-3-5-14(13)17(22)25-16/h2-9,16H,10H2,1H3,(H3,19,21,23)/b20-15-/t16-/m1/s1. The molecule has 0 bridgehead atoms. The second kappa shape index (κ2) is 7.04. The van der Waals surface area contributed by atoms with E-state index in [1.165, 1.54) is 0 Å². The molecule has 2 aromatic carbocycles. The van der Waals surface area contributed by atoms with Crippen molar-refractivity contribution in [3.63, 3.8) is 0 Å². The van der Waals surface area contributed by atoms with Crippen LogP contribution in [0.5, 0.6) is 5.75 Å². The molecule has 2 amide bonds. The molecule has 0 saturated carbocycles. The van der Waals surface area contributed by atoms with E-state index in [0.717, 1.165) is 11.1 Å². The Labute approximate surface area is 144 Å². The fourth-order valence-corrected chi connectivity index (χ4v) is 2.68. The first-order valence-corrected chi connectivity index (χ1v) is 7.65. The first-order valence-electron chi connectivity index (χ1n) is 7.65. The average molecular weight is 339 g/mol. The summed E-state index contributed by atoms with van der Waals surface area (Å²) in [6.45, 7) is 0. The van der Waals surface area contributed by atoms with Crippen molar-refractivity contribution in [1.29, 1.82) is 0 Å². The molecule has 128 valence electrons. The quantitative estimate of drug-likeness (QED) is 0.496. The normalized spacial score (nSPS) is 16.1. The Bertz CT molecular complexity index is 830. The van der Waals surface area contributed by atoms with Gasteiger partial charge >= 0.3 is 12.0 Å². The van der Waals surface area contributed by atoms with E-state index in [2.05, 4.69) is 10.5 Å². The van der Waals surface area contributed by atoms with E-state index in [0.29, 0.717) is 23.4 Å². The molecule has 0 spiro atoms. The number of primary amides is 1. The number of cyclic esters (lactones) is 1. The minimum absolute atomic E-state index is 0.301. The molecule has 7 nitrogen and oxygen atoms in total. The van der Waals surface area contributed by atoms with Gasteiger partial charge in [-0.25, -0.2) is 15.0 Å². The lowest BCUT2D eigenvalue weighted by Gasteiger charge is -2.13. The first kappa shape index (κ1) is 16.5. The largest absolute Gasteiger partial charge is 0.497 e. The number of benzene rings is 2. The van der Waals surface area contributed by atoms with E-state index in [4.69, 9.17) is 15.2 Å². The third-order valence-electron chi connectivity index (χ3n) is 3.88. The summed E-state index contributed by atoms with van der Waals surface area (Å²) in [4.78, 5) is 23.0. The van der Waals surface area contributed by atoms with Crippen molar-refractivity contribution in [3.05, 3.63) is 65.2 Å². The lowest BCUT2D eigenvalue weighted by Crippen LogP contribution is -2.26. The summed E-state index contributed by atoms with van der Waals surface area (Å²) in [5.41, 5.74) is 9.99. The van der Waals surface area contributed by atoms with Crippen LogP contribution in [0.25, 0.3) is 0 Å². The van der Waals surface area contributed by atoms with Gasteiger partial charge in [0, 0.05) is 12.0 Å². The van der Waals surface area contributed by atoms with Crippen LogP contribution in [0.1, 0.15) is 34.0 Å². The van der Waals surface area contributed by atoms with Gasteiger partial charge in [-0.05, 0) is 35.9 Å². The number of ether oxygens (including phenoxy) is 2. The molecule has 0 radical (unpaired) electrons. The number of rotatable bonds is 5. The number of urea groups is 1. The van der Waals surface area contributed by atoms with Gasteiger partial charge in [-0.2, -0.15) is 5.10 Å². The lowest BCUT2D eigenvalue weighted by atomic mass is 9.98. The van der Waals surface area contributed by atoms with Crippen molar-refractivity contribution in [3.8, 4) is 5.75 Å². The van der Waals surface area contributed by atoms with Crippen LogP contribution in [-0.2, 0) is 4.74 Å². The highest BCUT2D eigenvalue weighted by Crippen LogP contribution is 2.34. The van der Waals surface area contributed by atoms with E-state index in [-0.39, 0.29) is 5.97 Å². The van der Waals surface area contributed by atoms with Crippen molar-refractivity contribution in [1.82, 2.24) is 5.43 Å². The molecule has 1 heterocycles. The summed E-state index contributed by atoms with van der Waals surface area (Å²) < 4.78 is 10.6. The van der Waals surface area contributed by atoms with E-state index in [1.807, 2.05) is 24.3 Å². The fraction of sp³-hybridized carbons (Fsp3) is 0.167. The van der Waals surface area contributed by atoms with Gasteiger partial charge in [0.05, 0.1) is 18.4 Å². The molecular weight excluding hydrogens is 322 g/mol. The highest BCUT2D eigenvalue weighted by molar-refractivity contribution is 6.02. The maximum absolute atomic E-state index is 12.0. The number of methoxy groups -OCH3 is 1. The van der Waals surface area contributed by atoms with Crippen molar-refractivity contribution in [2.24, 2.45) is 10.8 Å². The van der Waals surface area contributed by atoms with Gasteiger partial charge in [-0.1, -0.05) is 18.2 Å². The number of fused-ring (bicyclic) bond motifs is 1. The Kier molecular flexibility index (Phi) is 4.65. The SMILES string of the molecule is COc1ccc(/C(C[C@H]2OC(=O)c3ccccc32)=N\NC(N)=O)cc1. The minimum atomic E-state index is -0.769. The Morgan fingerprint density at radius 3 is 2.64 bits per heavy atom. The Morgan fingerprint density at radius 2 is 1.96 bits per heavy atom. The van der Waals surface area contributed by atoms with Gasteiger partial charge < -0.3 is 15.2 Å². The predicted molar refractivity (Wildman–Crippen MR) is 91.5 cm³/mol. The molecule has 2 aromatic rings. The third-order valence-corrected chi connectivity index (χ3v) is 3.88. The number of carbonyl (C=O) groups is 2. The molecule has 1 aliphatic heterocycles. The van der Waals surface area contributed by atoms with Crippen LogP contribution in [0.2, 0.25) is 0 Å². The number of hydrogen-bond acceptors (Lipinski definition) is 5. The number of nitrogens with zero attached hydrogens (tertiary/aromatic N) is 1. The monoisotopic (exact) mass is 339 g/mol. The second-order valence-corrected chi connectivity index (χ2v) is 5.45. The summed E-state index contributed by atoms with van der Waals surface area (Å²) >= 11 is 0. The zero-order valence-corrected chi connectivity index (χ0v) is 13.6. The summed E-state index contributed by atoms with van der Waals surface area (Å²) in [6.07, 6.45) is -0.172. The van der Waals surface area contributed by atoms with E-state index in [9.17, 15) is 9.59 Å². The van der Waals surface area contributed by atoms with Crippen molar-refractivity contribution in [2.75, 3.05) is 7.11 Å². The lowest BCUT2D eigenvalue weighted by molar-refractivity contribution is 0.0400. The van der Waals surface area contributed by atoms with Gasteiger partial charge in [0.1, 0.15) is 11.9 Å². The van der Waals surface area contributed by atoms with E-state index in [1.54, 1.807) is 31.4 Å². The fourth-order valence-electron chi connectivity index (χ4n) is 2.68. The van der Waals surface area contributed by atoms with Crippen molar-refractivity contribution in [2.45, 2.75) is 12.5 Å². The highest BCUT2D eigenvalue weighted by Gasteiger charge is 2.31. The smallest absolute Gasteiger partial charge is 0.339 e. The maximum Gasteiger partial charge on any atom is 0.339 e. The number of nitrogens with one attached hydrogen (secondary N) is 1. The summed E-state index contributed by atoms with van der Waals surface area (Å²) in [7, 11) is 1.58. The van der Waals surface area contributed by atoms with Crippen molar-refractivity contribution < 1.29 is 19.1 Å². The van der Waals surface area contributed by atoms with Crippen LogP contribution in [0.15, 0.2) is 53.6 Å². The van der Waals surface area contributed by atoms with Gasteiger partial charge in [0.2, 0.25) is 0 Å². The number of hydrazone groups is 1. The zero-order chi connectivity index (χ0) is 17.8. The minimum Gasteiger partial charge on any atom is -0.497 e. The first-order chi connectivity index (χ1) is 12.1. The number of amides is 2. The van der Waals surface area contributed by atoms with E-state index < -0.39 is 12.1 Å². The van der Waals surface area contributed by atoms with Crippen LogP contribution in [0.3, 0.4) is 0 Å². The molecule has 0 unspecified atom stereocenters. The molecule has 1 aliphatic rings. The van der Waals surface area contributed by atoms with Crippen LogP contribution in [0.4, 0.5) is 4.79 Å². The Morgan fingerprint density at radius 1 is 1.24 bits per heavy atom. The number of nitrogens with two attached hydrogens (primary N) is 1. The van der Waals surface area contributed by atoms with Crippen LogP contribution in [-0.4, -0.2) is 24.8 Å². The van der Waals surface area contributed by atoms with Crippen molar-refractivity contribution >= 4 is 17.7 Å². The summed E-state index contributed by atoms with van der Waals surface area (Å²) in [5.74, 6) is 0.334. The topological polar surface area (TPSA) is 103 Å².